The van der Waals surface area contributed by atoms with Crippen molar-refractivity contribution < 1.29 is 23.9 Å². The Kier molecular flexibility index (Phi) is 3.33. The van der Waals surface area contributed by atoms with E-state index in [4.69, 9.17) is 14.0 Å². The highest BCUT2D eigenvalue weighted by molar-refractivity contribution is 5.86. The quantitative estimate of drug-likeness (QED) is 0.830. The summed E-state index contributed by atoms with van der Waals surface area (Å²) in [6.45, 7) is 0.591. The second kappa shape index (κ2) is 5.35. The number of benzene rings is 1. The van der Waals surface area contributed by atoms with Gasteiger partial charge in [0.25, 0.3) is 0 Å². The molecule has 2 aliphatic rings. The van der Waals surface area contributed by atoms with Gasteiger partial charge in [-0.25, -0.2) is 0 Å². The summed E-state index contributed by atoms with van der Waals surface area (Å²) in [6.07, 6.45) is -1.12. The fourth-order valence-electron chi connectivity index (χ4n) is 3.08. The normalized spacial score (nSPS) is 30.6. The van der Waals surface area contributed by atoms with Crippen LogP contribution in [0.15, 0.2) is 28.8 Å². The minimum Gasteiger partial charge on any atom is -0.388 e. The smallest absolute Gasteiger partial charge is 0.226 e. The van der Waals surface area contributed by atoms with E-state index in [0.29, 0.717) is 17.9 Å². The van der Waals surface area contributed by atoms with Crippen LogP contribution in [0.5, 0.6) is 0 Å². The summed E-state index contributed by atoms with van der Waals surface area (Å²) in [6, 6.07) is 7.18. The van der Waals surface area contributed by atoms with Crippen LogP contribution in [-0.4, -0.2) is 53.7 Å². The lowest BCUT2D eigenvalue weighted by Gasteiger charge is -2.17. The number of nitrogens with zero attached hydrogens (tertiary/aromatic N) is 1. The van der Waals surface area contributed by atoms with Crippen molar-refractivity contribution in [2.24, 2.45) is 0 Å². The van der Waals surface area contributed by atoms with Gasteiger partial charge in [0.15, 0.2) is 5.58 Å². The SMILES string of the molecule is O=C(Cc1noc2ccccc12)N[C@H]1CO[C@H]2[C@@H]1OC[C@H]2O. The van der Waals surface area contributed by atoms with Crippen molar-refractivity contribution in [3.63, 3.8) is 0 Å². The van der Waals surface area contributed by atoms with Crippen LogP contribution >= 0.6 is 0 Å². The van der Waals surface area contributed by atoms with Crippen LogP contribution in [0.25, 0.3) is 11.0 Å². The monoisotopic (exact) mass is 304 g/mol. The van der Waals surface area contributed by atoms with Crippen LogP contribution in [-0.2, 0) is 20.7 Å². The predicted octanol–water partition coefficient (Wildman–Crippen LogP) is 0.0136. The zero-order valence-corrected chi connectivity index (χ0v) is 11.8. The van der Waals surface area contributed by atoms with E-state index in [2.05, 4.69) is 10.5 Å². The van der Waals surface area contributed by atoms with Crippen molar-refractivity contribution in [2.45, 2.75) is 30.8 Å². The van der Waals surface area contributed by atoms with Crippen molar-refractivity contribution in [1.29, 1.82) is 0 Å². The molecule has 7 heteroatoms. The molecule has 2 aromatic rings. The van der Waals surface area contributed by atoms with Crippen molar-refractivity contribution >= 4 is 16.9 Å². The van der Waals surface area contributed by atoms with Gasteiger partial charge in [-0.15, -0.1) is 0 Å². The van der Waals surface area contributed by atoms with Crippen molar-refractivity contribution in [2.75, 3.05) is 13.2 Å². The van der Waals surface area contributed by atoms with Crippen molar-refractivity contribution in [3.05, 3.63) is 30.0 Å². The lowest BCUT2D eigenvalue weighted by Crippen LogP contribution is -2.44. The molecule has 0 unspecified atom stereocenters. The molecular weight excluding hydrogens is 288 g/mol. The van der Waals surface area contributed by atoms with E-state index >= 15 is 0 Å². The molecule has 22 heavy (non-hydrogen) atoms. The number of nitrogens with one attached hydrogen (secondary N) is 1. The number of aromatic nitrogens is 1. The second-order valence-corrected chi connectivity index (χ2v) is 5.64. The Morgan fingerprint density at radius 2 is 2.09 bits per heavy atom. The molecule has 4 rings (SSSR count). The van der Waals surface area contributed by atoms with Crippen LogP contribution < -0.4 is 5.32 Å². The maximum atomic E-state index is 12.2. The minimum atomic E-state index is -0.619. The fraction of sp³-hybridized carbons (Fsp3) is 0.467. The third-order valence-corrected chi connectivity index (χ3v) is 4.15. The number of fused-ring (bicyclic) bond motifs is 2. The minimum absolute atomic E-state index is 0.132. The summed E-state index contributed by atoms with van der Waals surface area (Å²) in [5.41, 5.74) is 1.27. The summed E-state index contributed by atoms with van der Waals surface area (Å²) >= 11 is 0. The number of carbonyl (C=O) groups is 1. The molecule has 0 bridgehead atoms. The largest absolute Gasteiger partial charge is 0.388 e. The number of aliphatic hydroxyl groups excluding tert-OH is 1. The molecule has 4 atom stereocenters. The van der Waals surface area contributed by atoms with Crippen LogP contribution in [0.2, 0.25) is 0 Å². The fourth-order valence-corrected chi connectivity index (χ4v) is 3.08. The summed E-state index contributed by atoms with van der Waals surface area (Å²) < 4.78 is 16.2. The van der Waals surface area contributed by atoms with E-state index in [0.717, 1.165) is 5.39 Å². The number of rotatable bonds is 3. The summed E-state index contributed by atoms with van der Waals surface area (Å²) in [7, 11) is 0. The molecule has 2 fully saturated rings. The third kappa shape index (κ3) is 2.27. The molecule has 0 saturated carbocycles. The van der Waals surface area contributed by atoms with Crippen LogP contribution in [0.4, 0.5) is 0 Å². The number of aliphatic hydroxyl groups is 1. The molecule has 2 N–H and O–H groups in total. The maximum Gasteiger partial charge on any atom is 0.226 e. The highest BCUT2D eigenvalue weighted by Crippen LogP contribution is 2.27. The first-order chi connectivity index (χ1) is 10.7. The first kappa shape index (κ1) is 13.7. The van der Waals surface area contributed by atoms with Crippen LogP contribution in [0.3, 0.4) is 0 Å². The Morgan fingerprint density at radius 3 is 3.00 bits per heavy atom. The average molecular weight is 304 g/mol. The van der Waals surface area contributed by atoms with Gasteiger partial charge < -0.3 is 24.4 Å². The standard InChI is InChI=1S/C15H16N2O5/c18-11-7-21-14-10(6-20-15(11)14)16-13(19)5-9-8-3-1-2-4-12(8)22-17-9/h1-4,10-11,14-15,18H,5-7H2,(H,16,19)/t10-,11+,14+,15+/m0/s1. The molecule has 0 radical (unpaired) electrons. The first-order valence-electron chi connectivity index (χ1n) is 7.26. The molecule has 1 aromatic carbocycles. The Bertz CT molecular complexity index is 700. The predicted molar refractivity (Wildman–Crippen MR) is 75.1 cm³/mol. The van der Waals surface area contributed by atoms with Crippen LogP contribution in [0, 0.1) is 0 Å². The second-order valence-electron chi connectivity index (χ2n) is 5.64. The molecule has 0 spiro atoms. The van der Waals surface area contributed by atoms with Crippen LogP contribution in [0.1, 0.15) is 5.69 Å². The van der Waals surface area contributed by atoms with E-state index in [-0.39, 0.29) is 37.2 Å². The van der Waals surface area contributed by atoms with Crippen molar-refractivity contribution in [1.82, 2.24) is 10.5 Å². The first-order valence-corrected chi connectivity index (χ1v) is 7.26. The van der Waals surface area contributed by atoms with Gasteiger partial charge in [0.2, 0.25) is 5.91 Å². The van der Waals surface area contributed by atoms with E-state index in [1.54, 1.807) is 0 Å². The average Bonchev–Trinajstić information content (AvgIpc) is 3.19. The molecule has 7 nitrogen and oxygen atoms in total. The number of hydrogen-bond donors (Lipinski definition) is 2. The summed E-state index contributed by atoms with van der Waals surface area (Å²) in [4.78, 5) is 12.2. The molecule has 0 aliphatic carbocycles. The molecule has 1 amide bonds. The number of carbonyl (C=O) groups excluding carboxylic acids is 1. The number of amides is 1. The maximum absolute atomic E-state index is 12.2. The van der Waals surface area contributed by atoms with Gasteiger partial charge in [-0.3, -0.25) is 4.79 Å². The van der Waals surface area contributed by atoms with Gasteiger partial charge in [-0.1, -0.05) is 17.3 Å². The Morgan fingerprint density at radius 1 is 1.27 bits per heavy atom. The molecular formula is C15H16N2O5. The zero-order chi connectivity index (χ0) is 15.1. The Labute approximate surface area is 126 Å². The van der Waals surface area contributed by atoms with Gasteiger partial charge in [-0.05, 0) is 12.1 Å². The van der Waals surface area contributed by atoms with E-state index in [9.17, 15) is 9.90 Å². The Balaban J connectivity index is 1.43. The van der Waals surface area contributed by atoms with Gasteiger partial charge in [-0.2, -0.15) is 0 Å². The molecule has 3 heterocycles. The van der Waals surface area contributed by atoms with Gasteiger partial charge >= 0.3 is 0 Å². The number of para-hydroxylation sites is 1. The lowest BCUT2D eigenvalue weighted by atomic mass is 10.1. The van der Waals surface area contributed by atoms with E-state index in [1.807, 2.05) is 24.3 Å². The van der Waals surface area contributed by atoms with E-state index < -0.39 is 6.10 Å². The van der Waals surface area contributed by atoms with Gasteiger partial charge in [0.05, 0.1) is 25.7 Å². The van der Waals surface area contributed by atoms with E-state index in [1.165, 1.54) is 0 Å². The lowest BCUT2D eigenvalue weighted by molar-refractivity contribution is -0.121. The van der Waals surface area contributed by atoms with Crippen molar-refractivity contribution in [3.8, 4) is 0 Å². The van der Waals surface area contributed by atoms with Gasteiger partial charge in [0, 0.05) is 5.39 Å². The van der Waals surface area contributed by atoms with Gasteiger partial charge in [0.1, 0.15) is 24.0 Å². The molecule has 116 valence electrons. The zero-order valence-electron chi connectivity index (χ0n) is 11.8. The summed E-state index contributed by atoms with van der Waals surface area (Å²) in [5.74, 6) is -0.168. The molecule has 2 saturated heterocycles. The number of ether oxygens (including phenoxy) is 2. The number of hydrogen-bond acceptors (Lipinski definition) is 6. The summed E-state index contributed by atoms with van der Waals surface area (Å²) in [5, 5.41) is 17.4. The molecule has 2 aliphatic heterocycles. The Hall–Kier alpha value is -1.96. The topological polar surface area (TPSA) is 93.8 Å². The highest BCUT2D eigenvalue weighted by atomic mass is 16.6. The third-order valence-electron chi connectivity index (χ3n) is 4.15. The highest BCUT2D eigenvalue weighted by Gasteiger charge is 2.47. The molecule has 1 aromatic heterocycles.